The number of ketones is 1. The average Bonchev–Trinajstić information content (AvgIpc) is 2.06. The number of aliphatic hydroxyl groups excluding tert-OH is 1. The lowest BCUT2D eigenvalue weighted by Crippen LogP contribution is -2.26. The van der Waals surface area contributed by atoms with Crippen molar-refractivity contribution in [3.63, 3.8) is 0 Å². The topological polar surface area (TPSA) is 37.3 Å². The summed E-state index contributed by atoms with van der Waals surface area (Å²) in [6.07, 6.45) is 0. The highest BCUT2D eigenvalue weighted by Gasteiger charge is 2.46. The smallest absolute Gasteiger partial charge is 0.196 e. The van der Waals surface area contributed by atoms with Gasteiger partial charge in [-0.1, -0.05) is 25.4 Å². The summed E-state index contributed by atoms with van der Waals surface area (Å²) in [5, 5.41) is 8.44. The Kier molecular flexibility index (Phi) is 1.93. The molecule has 1 aliphatic carbocycles. The first-order chi connectivity index (χ1) is 4.89. The first-order valence-electron chi connectivity index (χ1n) is 3.16. The van der Waals surface area contributed by atoms with Crippen LogP contribution in [-0.4, -0.2) is 16.3 Å². The SMILES string of the molecule is CC1(C)C(O)=C(Cl)C(=O)C1Cl. The zero-order valence-corrected chi connectivity index (χ0v) is 7.70. The van der Waals surface area contributed by atoms with Crippen molar-refractivity contribution >= 4 is 29.0 Å². The minimum atomic E-state index is -0.741. The van der Waals surface area contributed by atoms with Gasteiger partial charge in [0, 0.05) is 5.41 Å². The summed E-state index contributed by atoms with van der Waals surface area (Å²) in [5.74, 6) is -0.500. The van der Waals surface area contributed by atoms with E-state index in [9.17, 15) is 9.90 Å². The Morgan fingerprint density at radius 2 is 2.00 bits per heavy atom. The summed E-state index contributed by atoms with van der Waals surface area (Å²) >= 11 is 11.2. The van der Waals surface area contributed by atoms with Gasteiger partial charge in [-0.05, 0) is 0 Å². The zero-order valence-electron chi connectivity index (χ0n) is 6.19. The van der Waals surface area contributed by atoms with Gasteiger partial charge in [0.2, 0.25) is 0 Å². The Hall–Kier alpha value is -0.210. The van der Waals surface area contributed by atoms with E-state index in [1.807, 2.05) is 0 Å². The molecule has 0 fully saturated rings. The Bertz CT molecular complexity index is 243. The van der Waals surface area contributed by atoms with Gasteiger partial charge in [0.15, 0.2) is 5.78 Å². The number of carbonyl (C=O) groups excluding carboxylic acids is 1. The van der Waals surface area contributed by atoms with E-state index >= 15 is 0 Å². The van der Waals surface area contributed by atoms with Crippen molar-refractivity contribution in [1.29, 1.82) is 0 Å². The van der Waals surface area contributed by atoms with Crippen LogP contribution in [0.3, 0.4) is 0 Å². The molecule has 1 N–H and O–H groups in total. The summed E-state index contributed by atoms with van der Waals surface area (Å²) in [4.78, 5) is 11.0. The fourth-order valence-corrected chi connectivity index (χ4v) is 1.58. The fourth-order valence-electron chi connectivity index (χ4n) is 0.959. The van der Waals surface area contributed by atoms with Crippen LogP contribution in [-0.2, 0) is 4.79 Å². The minimum Gasteiger partial charge on any atom is -0.510 e. The molecule has 0 radical (unpaired) electrons. The molecule has 0 aromatic rings. The number of Topliss-reactive ketones (excluding diaryl/α,β-unsaturated/α-hetero) is 1. The third kappa shape index (κ3) is 1.05. The summed E-state index contributed by atoms with van der Waals surface area (Å²) in [6, 6.07) is 0. The summed E-state index contributed by atoms with van der Waals surface area (Å²) in [5.41, 5.74) is -0.726. The summed E-state index contributed by atoms with van der Waals surface area (Å²) in [7, 11) is 0. The second-order valence-corrected chi connectivity index (χ2v) is 3.93. The number of allylic oxidation sites excluding steroid dienone is 2. The molecule has 0 aromatic heterocycles. The normalized spacial score (nSPS) is 29.8. The largest absolute Gasteiger partial charge is 0.510 e. The van der Waals surface area contributed by atoms with E-state index in [1.165, 1.54) is 0 Å². The van der Waals surface area contributed by atoms with Crippen molar-refractivity contribution in [2.45, 2.75) is 19.2 Å². The van der Waals surface area contributed by atoms with Crippen LogP contribution in [0.1, 0.15) is 13.8 Å². The zero-order chi connectivity index (χ0) is 8.81. The maximum Gasteiger partial charge on any atom is 0.196 e. The van der Waals surface area contributed by atoms with Crippen LogP contribution in [0.25, 0.3) is 0 Å². The molecular weight excluding hydrogens is 187 g/mol. The van der Waals surface area contributed by atoms with Gasteiger partial charge in [0.1, 0.15) is 16.2 Å². The molecule has 1 unspecified atom stereocenters. The van der Waals surface area contributed by atoms with Gasteiger partial charge in [0.05, 0.1) is 0 Å². The van der Waals surface area contributed by atoms with Crippen LogP contribution >= 0.6 is 23.2 Å². The number of carbonyl (C=O) groups is 1. The first kappa shape index (κ1) is 8.88. The van der Waals surface area contributed by atoms with E-state index in [2.05, 4.69) is 0 Å². The lowest BCUT2D eigenvalue weighted by molar-refractivity contribution is -0.115. The van der Waals surface area contributed by atoms with E-state index in [4.69, 9.17) is 23.2 Å². The number of alkyl halides is 1. The predicted octanol–water partition coefficient (Wildman–Crippen LogP) is 2.21. The van der Waals surface area contributed by atoms with Crippen molar-refractivity contribution in [3.8, 4) is 0 Å². The van der Waals surface area contributed by atoms with Crippen LogP contribution in [0, 0.1) is 5.41 Å². The van der Waals surface area contributed by atoms with Crippen LogP contribution in [0.4, 0.5) is 0 Å². The van der Waals surface area contributed by atoms with Gasteiger partial charge >= 0.3 is 0 Å². The lowest BCUT2D eigenvalue weighted by atomic mass is 9.91. The molecule has 0 bridgehead atoms. The number of rotatable bonds is 0. The highest BCUT2D eigenvalue weighted by Crippen LogP contribution is 2.43. The number of halogens is 2. The van der Waals surface area contributed by atoms with Crippen molar-refractivity contribution in [3.05, 3.63) is 10.8 Å². The molecule has 1 aliphatic rings. The molecule has 1 atom stereocenters. The van der Waals surface area contributed by atoms with Crippen LogP contribution in [0.2, 0.25) is 0 Å². The Morgan fingerprint density at radius 1 is 1.55 bits per heavy atom. The molecule has 4 heteroatoms. The number of aliphatic hydroxyl groups is 1. The van der Waals surface area contributed by atoms with Crippen LogP contribution in [0.5, 0.6) is 0 Å². The van der Waals surface area contributed by atoms with E-state index in [1.54, 1.807) is 13.8 Å². The standard InChI is InChI=1S/C7H8Cl2O2/c1-7(2)5(9)4(10)3(8)6(7)11/h5,11H,1-2H3. The predicted molar refractivity (Wildman–Crippen MR) is 43.9 cm³/mol. The summed E-state index contributed by atoms with van der Waals surface area (Å²) in [6.45, 7) is 3.35. The van der Waals surface area contributed by atoms with Gasteiger partial charge in [-0.25, -0.2) is 0 Å². The second-order valence-electron chi connectivity index (χ2n) is 3.11. The number of hydrogen-bond acceptors (Lipinski definition) is 2. The van der Waals surface area contributed by atoms with E-state index in [-0.39, 0.29) is 10.8 Å². The average molecular weight is 195 g/mol. The van der Waals surface area contributed by atoms with Gasteiger partial charge in [-0.15, -0.1) is 11.6 Å². The van der Waals surface area contributed by atoms with Gasteiger partial charge < -0.3 is 5.11 Å². The Morgan fingerprint density at radius 3 is 2.09 bits per heavy atom. The van der Waals surface area contributed by atoms with E-state index in [0.717, 1.165) is 0 Å². The molecule has 0 aliphatic heterocycles. The van der Waals surface area contributed by atoms with Crippen molar-refractivity contribution in [2.75, 3.05) is 0 Å². The van der Waals surface area contributed by atoms with Crippen molar-refractivity contribution < 1.29 is 9.90 Å². The molecule has 11 heavy (non-hydrogen) atoms. The van der Waals surface area contributed by atoms with Crippen molar-refractivity contribution in [2.24, 2.45) is 5.41 Å². The minimum absolute atomic E-state index is 0.107. The Balaban J connectivity index is 3.16. The first-order valence-corrected chi connectivity index (χ1v) is 3.98. The van der Waals surface area contributed by atoms with Crippen LogP contribution in [0.15, 0.2) is 10.8 Å². The van der Waals surface area contributed by atoms with Gasteiger partial charge in [-0.2, -0.15) is 0 Å². The molecule has 0 spiro atoms. The Labute approximate surface area is 74.8 Å². The molecule has 0 saturated carbocycles. The molecule has 0 saturated heterocycles. The van der Waals surface area contributed by atoms with E-state index < -0.39 is 16.6 Å². The van der Waals surface area contributed by atoms with Crippen LogP contribution < -0.4 is 0 Å². The van der Waals surface area contributed by atoms with E-state index in [0.29, 0.717) is 0 Å². The molecule has 0 amide bonds. The molecule has 1 rings (SSSR count). The van der Waals surface area contributed by atoms with Gasteiger partial charge in [-0.3, -0.25) is 4.79 Å². The maximum atomic E-state index is 11.0. The monoisotopic (exact) mass is 194 g/mol. The quantitative estimate of drug-likeness (QED) is 0.601. The van der Waals surface area contributed by atoms with Crippen molar-refractivity contribution in [1.82, 2.24) is 0 Å². The highest BCUT2D eigenvalue weighted by molar-refractivity contribution is 6.50. The fraction of sp³-hybridized carbons (Fsp3) is 0.571. The summed E-state index contributed by atoms with van der Waals surface area (Å²) < 4.78 is 0. The molecular formula is C7H8Cl2O2. The second kappa shape index (κ2) is 2.39. The third-order valence-electron chi connectivity index (χ3n) is 1.90. The number of hydrogen-bond donors (Lipinski definition) is 1. The van der Waals surface area contributed by atoms with Gasteiger partial charge in [0.25, 0.3) is 0 Å². The molecule has 0 aromatic carbocycles. The molecule has 62 valence electrons. The third-order valence-corrected chi connectivity index (χ3v) is 3.01. The molecule has 2 nitrogen and oxygen atoms in total. The lowest BCUT2D eigenvalue weighted by Gasteiger charge is -2.20. The molecule has 0 heterocycles. The highest BCUT2D eigenvalue weighted by atomic mass is 35.5. The maximum absolute atomic E-state index is 11.0.